The van der Waals surface area contributed by atoms with Gasteiger partial charge in [-0.3, -0.25) is 0 Å². The number of rotatable bonds is 2. The van der Waals surface area contributed by atoms with Crippen LogP contribution in [0.3, 0.4) is 0 Å². The zero-order chi connectivity index (χ0) is 16.1. The summed E-state index contributed by atoms with van der Waals surface area (Å²) in [4.78, 5) is 0. The monoisotopic (exact) mass is 310 g/mol. The summed E-state index contributed by atoms with van der Waals surface area (Å²) in [5.74, 6) is 1.74. The van der Waals surface area contributed by atoms with Crippen molar-refractivity contribution in [1.29, 1.82) is 0 Å². The van der Waals surface area contributed by atoms with Gasteiger partial charge in [0.05, 0.1) is 7.11 Å². The number of hydrogen-bond donors (Lipinski definition) is 0. The lowest BCUT2D eigenvalue weighted by atomic mass is 9.91. The molecule has 0 aromatic heterocycles. The third-order valence-corrected chi connectivity index (χ3v) is 5.31. The lowest BCUT2D eigenvalue weighted by Gasteiger charge is -2.12. The largest absolute Gasteiger partial charge is 0.497 e. The van der Waals surface area contributed by atoms with Gasteiger partial charge >= 0.3 is 0 Å². The van der Waals surface area contributed by atoms with Crippen LogP contribution in [0.4, 0.5) is 0 Å². The van der Waals surface area contributed by atoms with E-state index < -0.39 is 0 Å². The number of fused-ring (bicyclic) bond motifs is 7. The minimum Gasteiger partial charge on any atom is -0.497 e. The van der Waals surface area contributed by atoms with E-state index in [0.29, 0.717) is 11.8 Å². The van der Waals surface area contributed by atoms with Crippen molar-refractivity contribution in [2.45, 2.75) is 11.8 Å². The van der Waals surface area contributed by atoms with E-state index in [1.807, 2.05) is 12.1 Å². The summed E-state index contributed by atoms with van der Waals surface area (Å²) in [6.07, 6.45) is 7.08. The second-order valence-corrected chi connectivity index (χ2v) is 6.55. The van der Waals surface area contributed by atoms with E-state index in [-0.39, 0.29) is 0 Å². The van der Waals surface area contributed by atoms with Crippen molar-refractivity contribution in [3.05, 3.63) is 95.1 Å². The number of ether oxygens (including phenoxy) is 1. The van der Waals surface area contributed by atoms with Crippen LogP contribution >= 0.6 is 0 Å². The zero-order valence-electron chi connectivity index (χ0n) is 13.6. The first-order valence-corrected chi connectivity index (χ1v) is 8.40. The molecule has 0 radical (unpaired) electrons. The normalized spacial score (nSPS) is 22.3. The quantitative estimate of drug-likeness (QED) is 0.553. The first kappa shape index (κ1) is 13.6. The highest BCUT2D eigenvalue weighted by Crippen LogP contribution is 2.55. The minimum atomic E-state index is 0.415. The highest BCUT2D eigenvalue weighted by Gasteiger charge is 2.38. The Morgan fingerprint density at radius 3 is 2.46 bits per heavy atom. The van der Waals surface area contributed by atoms with Gasteiger partial charge in [-0.25, -0.2) is 0 Å². The van der Waals surface area contributed by atoms with E-state index in [2.05, 4.69) is 66.8 Å². The fraction of sp³-hybridized carbons (Fsp3) is 0.130. The topological polar surface area (TPSA) is 9.23 Å². The van der Waals surface area contributed by atoms with Gasteiger partial charge in [0.15, 0.2) is 0 Å². The van der Waals surface area contributed by atoms with Gasteiger partial charge in [-0.05, 0) is 45.2 Å². The van der Waals surface area contributed by atoms with Gasteiger partial charge in [-0.1, -0.05) is 66.8 Å². The molecule has 5 rings (SSSR count). The molecule has 0 N–H and O–H groups in total. The molecule has 1 heteroatoms. The molecule has 116 valence electrons. The Morgan fingerprint density at radius 1 is 0.833 bits per heavy atom. The summed E-state index contributed by atoms with van der Waals surface area (Å²) >= 11 is 0. The van der Waals surface area contributed by atoms with Gasteiger partial charge in [-0.15, -0.1) is 0 Å². The van der Waals surface area contributed by atoms with Crippen molar-refractivity contribution >= 4 is 16.8 Å². The van der Waals surface area contributed by atoms with E-state index in [9.17, 15) is 0 Å². The molecule has 3 aromatic rings. The molecule has 0 spiro atoms. The van der Waals surface area contributed by atoms with Crippen molar-refractivity contribution in [2.75, 3.05) is 7.11 Å². The SMILES string of the molecule is COc1ccc(/C=C2\C3C=CC2c2c3ccc3ccccc23)cc1. The Morgan fingerprint density at radius 2 is 1.62 bits per heavy atom. The fourth-order valence-electron chi connectivity index (χ4n) is 4.19. The van der Waals surface area contributed by atoms with Crippen LogP contribution in [0.25, 0.3) is 16.8 Å². The van der Waals surface area contributed by atoms with Gasteiger partial charge < -0.3 is 4.74 Å². The molecule has 1 nitrogen and oxygen atoms in total. The molecule has 2 bridgehead atoms. The summed E-state index contributed by atoms with van der Waals surface area (Å²) in [7, 11) is 1.70. The number of benzene rings is 3. The van der Waals surface area contributed by atoms with Gasteiger partial charge in [-0.2, -0.15) is 0 Å². The average molecular weight is 310 g/mol. The Balaban J connectivity index is 1.63. The molecule has 0 amide bonds. The summed E-state index contributed by atoms with van der Waals surface area (Å²) < 4.78 is 5.26. The van der Waals surface area contributed by atoms with Crippen LogP contribution in [0.5, 0.6) is 5.75 Å². The van der Waals surface area contributed by atoms with Gasteiger partial charge in [0.2, 0.25) is 0 Å². The Kier molecular flexibility index (Phi) is 2.90. The predicted molar refractivity (Wildman–Crippen MR) is 99.5 cm³/mol. The maximum absolute atomic E-state index is 5.26. The fourth-order valence-corrected chi connectivity index (χ4v) is 4.19. The average Bonchev–Trinajstić information content (AvgIpc) is 3.18. The third-order valence-electron chi connectivity index (χ3n) is 5.31. The lowest BCUT2D eigenvalue weighted by molar-refractivity contribution is 0.415. The van der Waals surface area contributed by atoms with Crippen LogP contribution in [0.2, 0.25) is 0 Å². The molecule has 2 aliphatic rings. The van der Waals surface area contributed by atoms with Crippen molar-refractivity contribution in [2.24, 2.45) is 0 Å². The highest BCUT2D eigenvalue weighted by atomic mass is 16.5. The Labute approximate surface area is 141 Å². The van der Waals surface area contributed by atoms with Crippen LogP contribution in [-0.4, -0.2) is 7.11 Å². The van der Waals surface area contributed by atoms with Crippen LogP contribution in [0.1, 0.15) is 28.5 Å². The molecular formula is C23H18O. The van der Waals surface area contributed by atoms with Crippen LogP contribution in [0, 0.1) is 0 Å². The molecule has 2 unspecified atom stereocenters. The number of hydrogen-bond acceptors (Lipinski definition) is 1. The Bertz CT molecular complexity index is 992. The van der Waals surface area contributed by atoms with E-state index in [1.54, 1.807) is 7.11 Å². The predicted octanol–water partition coefficient (Wildman–Crippen LogP) is 5.68. The Hall–Kier alpha value is -2.80. The van der Waals surface area contributed by atoms with Crippen molar-refractivity contribution < 1.29 is 4.74 Å². The molecule has 0 aliphatic heterocycles. The summed E-state index contributed by atoms with van der Waals surface area (Å²) in [5, 5.41) is 2.73. The zero-order valence-corrected chi connectivity index (χ0v) is 13.6. The number of allylic oxidation sites excluding steroid dienone is 3. The second kappa shape index (κ2) is 5.10. The van der Waals surface area contributed by atoms with Crippen LogP contribution < -0.4 is 4.74 Å². The summed E-state index contributed by atoms with van der Waals surface area (Å²) in [6.45, 7) is 0. The standard InChI is InChI=1S/C23H18O/c1-24-17-9-6-15(7-10-17)14-22-19-12-13-21(22)23-18-5-3-2-4-16(18)8-11-20(19)23/h2-14,19,21H,1H3/b22-14+. The van der Waals surface area contributed by atoms with Crippen molar-refractivity contribution in [3.8, 4) is 5.75 Å². The lowest BCUT2D eigenvalue weighted by Crippen LogP contribution is -1.93. The summed E-state index contributed by atoms with van der Waals surface area (Å²) in [5.41, 5.74) is 5.70. The maximum atomic E-state index is 5.26. The van der Waals surface area contributed by atoms with E-state index in [0.717, 1.165) is 5.75 Å². The summed E-state index contributed by atoms with van der Waals surface area (Å²) in [6, 6.07) is 21.6. The molecule has 24 heavy (non-hydrogen) atoms. The molecule has 0 fully saturated rings. The van der Waals surface area contributed by atoms with E-state index >= 15 is 0 Å². The van der Waals surface area contributed by atoms with Gasteiger partial charge in [0.1, 0.15) is 5.75 Å². The highest BCUT2D eigenvalue weighted by molar-refractivity contribution is 5.91. The van der Waals surface area contributed by atoms with Crippen molar-refractivity contribution in [1.82, 2.24) is 0 Å². The van der Waals surface area contributed by atoms with Crippen LogP contribution in [0.15, 0.2) is 78.4 Å². The molecule has 0 heterocycles. The minimum absolute atomic E-state index is 0.415. The van der Waals surface area contributed by atoms with Crippen molar-refractivity contribution in [3.63, 3.8) is 0 Å². The molecule has 2 atom stereocenters. The first-order chi connectivity index (χ1) is 11.8. The van der Waals surface area contributed by atoms with Crippen LogP contribution in [-0.2, 0) is 0 Å². The van der Waals surface area contributed by atoms with E-state index in [1.165, 1.54) is 33.0 Å². The second-order valence-electron chi connectivity index (χ2n) is 6.55. The van der Waals surface area contributed by atoms with Gasteiger partial charge in [0, 0.05) is 11.8 Å². The number of methoxy groups -OCH3 is 1. The smallest absolute Gasteiger partial charge is 0.118 e. The molecule has 0 saturated carbocycles. The maximum Gasteiger partial charge on any atom is 0.118 e. The van der Waals surface area contributed by atoms with E-state index in [4.69, 9.17) is 4.74 Å². The molecule has 3 aromatic carbocycles. The third kappa shape index (κ3) is 1.88. The van der Waals surface area contributed by atoms with Gasteiger partial charge in [0.25, 0.3) is 0 Å². The molecule has 0 saturated heterocycles. The molecule has 2 aliphatic carbocycles. The first-order valence-electron chi connectivity index (χ1n) is 8.40. The molecular weight excluding hydrogens is 292 g/mol.